The van der Waals surface area contributed by atoms with Crippen LogP contribution in [0.5, 0.6) is 0 Å². The maximum atomic E-state index is 11.9. The number of ether oxygens (including phenoxy) is 1. The molecule has 0 aliphatic carbocycles. The van der Waals surface area contributed by atoms with Gasteiger partial charge in [0.1, 0.15) is 11.9 Å². The van der Waals surface area contributed by atoms with Crippen molar-refractivity contribution in [2.45, 2.75) is 26.9 Å². The van der Waals surface area contributed by atoms with E-state index in [9.17, 15) is 4.79 Å². The van der Waals surface area contributed by atoms with Crippen LogP contribution in [0.3, 0.4) is 0 Å². The summed E-state index contributed by atoms with van der Waals surface area (Å²) in [6.07, 6.45) is -0.585. The van der Waals surface area contributed by atoms with E-state index in [1.165, 1.54) is 0 Å². The van der Waals surface area contributed by atoms with Gasteiger partial charge in [0.25, 0.3) is 0 Å². The zero-order valence-corrected chi connectivity index (χ0v) is 14.0. The molecule has 2 aromatic carbocycles. The molecule has 2 N–H and O–H groups in total. The fourth-order valence-electron chi connectivity index (χ4n) is 2.27. The van der Waals surface area contributed by atoms with E-state index < -0.39 is 6.09 Å². The van der Waals surface area contributed by atoms with E-state index in [0.717, 1.165) is 22.4 Å². The van der Waals surface area contributed by atoms with Crippen LogP contribution in [0.1, 0.15) is 20.8 Å². The highest BCUT2D eigenvalue weighted by atomic mass is 16.6. The number of aromatic nitrogens is 2. The van der Waals surface area contributed by atoms with Gasteiger partial charge in [0, 0.05) is 11.3 Å². The molecule has 1 heterocycles. The number of H-pyrrole nitrogens is 1. The predicted octanol–water partition coefficient (Wildman–Crippen LogP) is 4.82. The number of hydrogen-bond acceptors (Lipinski definition) is 3. The third-order valence-electron chi connectivity index (χ3n) is 4.01. The van der Waals surface area contributed by atoms with E-state index in [-0.39, 0.29) is 12.0 Å². The Balaban J connectivity index is 1.78. The van der Waals surface area contributed by atoms with E-state index in [1.54, 1.807) is 0 Å². The van der Waals surface area contributed by atoms with Crippen LogP contribution >= 0.6 is 0 Å². The maximum absolute atomic E-state index is 11.9. The molecule has 0 saturated carbocycles. The highest BCUT2D eigenvalue weighted by molar-refractivity contribution is 5.89. The second kappa shape index (κ2) is 6.74. The van der Waals surface area contributed by atoms with Crippen LogP contribution in [0.4, 0.5) is 10.5 Å². The van der Waals surface area contributed by atoms with Crippen LogP contribution in [-0.4, -0.2) is 22.2 Å². The maximum Gasteiger partial charge on any atom is 0.411 e. The van der Waals surface area contributed by atoms with E-state index in [0.29, 0.717) is 5.69 Å². The Morgan fingerprint density at radius 2 is 1.88 bits per heavy atom. The molecule has 1 atom stereocenters. The third kappa shape index (κ3) is 3.56. The number of benzene rings is 2. The quantitative estimate of drug-likeness (QED) is 0.723. The molecule has 1 aromatic heterocycles. The van der Waals surface area contributed by atoms with E-state index in [2.05, 4.69) is 15.3 Å². The summed E-state index contributed by atoms with van der Waals surface area (Å²) in [4.78, 5) is 19.8. The van der Waals surface area contributed by atoms with Crippen molar-refractivity contribution < 1.29 is 9.53 Å². The van der Waals surface area contributed by atoms with Gasteiger partial charge in [-0.1, -0.05) is 44.2 Å². The number of nitrogens with one attached hydrogen (secondary N) is 2. The molecular formula is C19H21N3O2. The van der Waals surface area contributed by atoms with Gasteiger partial charge in [-0.2, -0.15) is 0 Å². The molecule has 5 heteroatoms. The molecule has 0 radical (unpaired) electrons. The summed E-state index contributed by atoms with van der Waals surface area (Å²) in [5.74, 6) is 1.08. The van der Waals surface area contributed by atoms with Gasteiger partial charge in [0.2, 0.25) is 0 Å². The van der Waals surface area contributed by atoms with Crippen molar-refractivity contribution >= 4 is 22.8 Å². The third-order valence-corrected chi connectivity index (χ3v) is 4.01. The number of hydrogen-bond donors (Lipinski definition) is 2. The Bertz CT molecular complexity index is 840. The lowest BCUT2D eigenvalue weighted by Gasteiger charge is -2.16. The molecule has 0 aliphatic heterocycles. The van der Waals surface area contributed by atoms with Gasteiger partial charge < -0.3 is 9.72 Å². The minimum absolute atomic E-state index is 0.135. The van der Waals surface area contributed by atoms with Crippen LogP contribution in [-0.2, 0) is 4.74 Å². The Kier molecular flexibility index (Phi) is 4.51. The molecule has 24 heavy (non-hydrogen) atoms. The van der Waals surface area contributed by atoms with Crippen LogP contribution in [0, 0.1) is 5.92 Å². The number of carbonyl (C=O) groups is 1. The summed E-state index contributed by atoms with van der Waals surface area (Å²) in [6, 6.07) is 15.5. The standard InChI is InChI=1S/C19H21N3O2/c1-12(2)13(3)24-19(23)20-15-9-10-16-17(11-15)22-18(21-16)14-7-5-4-6-8-14/h4-13H,1-3H3,(H,20,23)(H,21,22). The smallest absolute Gasteiger partial charge is 0.411 e. The lowest BCUT2D eigenvalue weighted by atomic mass is 10.1. The summed E-state index contributed by atoms with van der Waals surface area (Å²) >= 11 is 0. The number of fused-ring (bicyclic) bond motifs is 1. The molecule has 0 fully saturated rings. The fraction of sp³-hybridized carbons (Fsp3) is 0.263. The first-order valence-electron chi connectivity index (χ1n) is 8.06. The van der Waals surface area contributed by atoms with Crippen molar-refractivity contribution in [3.63, 3.8) is 0 Å². The first-order chi connectivity index (χ1) is 11.5. The molecule has 1 amide bonds. The molecule has 124 valence electrons. The highest BCUT2D eigenvalue weighted by Gasteiger charge is 2.13. The van der Waals surface area contributed by atoms with Gasteiger partial charge >= 0.3 is 6.09 Å². The summed E-state index contributed by atoms with van der Waals surface area (Å²) in [6.45, 7) is 5.91. The van der Waals surface area contributed by atoms with Crippen molar-refractivity contribution in [3.8, 4) is 11.4 Å². The molecule has 3 rings (SSSR count). The van der Waals surface area contributed by atoms with Crippen LogP contribution in [0.15, 0.2) is 48.5 Å². The topological polar surface area (TPSA) is 67.0 Å². The average Bonchev–Trinajstić information content (AvgIpc) is 2.98. The van der Waals surface area contributed by atoms with Gasteiger partial charge in [-0.25, -0.2) is 9.78 Å². The largest absolute Gasteiger partial charge is 0.446 e. The second-order valence-electron chi connectivity index (χ2n) is 6.16. The first-order valence-corrected chi connectivity index (χ1v) is 8.06. The molecule has 0 saturated heterocycles. The van der Waals surface area contributed by atoms with E-state index in [1.807, 2.05) is 69.3 Å². The van der Waals surface area contributed by atoms with E-state index >= 15 is 0 Å². The monoisotopic (exact) mass is 323 g/mol. The molecule has 0 bridgehead atoms. The van der Waals surface area contributed by atoms with Crippen LogP contribution in [0.2, 0.25) is 0 Å². The molecule has 5 nitrogen and oxygen atoms in total. The minimum Gasteiger partial charge on any atom is -0.446 e. The van der Waals surface area contributed by atoms with E-state index in [4.69, 9.17) is 4.74 Å². The number of rotatable bonds is 4. The summed E-state index contributed by atoms with van der Waals surface area (Å²) in [5, 5.41) is 2.75. The van der Waals surface area contributed by atoms with Crippen molar-refractivity contribution in [1.29, 1.82) is 0 Å². The molecular weight excluding hydrogens is 302 g/mol. The van der Waals surface area contributed by atoms with Gasteiger partial charge in [0.05, 0.1) is 11.0 Å². The Labute approximate surface area is 141 Å². The number of anilines is 1. The first kappa shape index (κ1) is 16.1. The zero-order chi connectivity index (χ0) is 17.1. The predicted molar refractivity (Wildman–Crippen MR) is 95.9 cm³/mol. The van der Waals surface area contributed by atoms with Gasteiger partial charge in [-0.15, -0.1) is 0 Å². The van der Waals surface area contributed by atoms with Crippen molar-refractivity contribution in [2.24, 2.45) is 5.92 Å². The molecule has 3 aromatic rings. The minimum atomic E-state index is -0.450. The lowest BCUT2D eigenvalue weighted by molar-refractivity contribution is 0.0940. The Morgan fingerprint density at radius 3 is 2.58 bits per heavy atom. The fourth-order valence-corrected chi connectivity index (χ4v) is 2.27. The van der Waals surface area contributed by atoms with Gasteiger partial charge in [0.15, 0.2) is 0 Å². The number of nitrogens with zero attached hydrogens (tertiary/aromatic N) is 1. The van der Waals surface area contributed by atoms with Crippen LogP contribution in [0.25, 0.3) is 22.4 Å². The lowest BCUT2D eigenvalue weighted by Crippen LogP contribution is -2.23. The number of amides is 1. The Hall–Kier alpha value is -2.82. The average molecular weight is 323 g/mol. The van der Waals surface area contributed by atoms with Gasteiger partial charge in [-0.3, -0.25) is 5.32 Å². The van der Waals surface area contributed by atoms with Crippen molar-refractivity contribution in [2.75, 3.05) is 5.32 Å². The number of imidazole rings is 1. The second-order valence-corrected chi connectivity index (χ2v) is 6.16. The normalized spacial score (nSPS) is 12.3. The number of carbonyl (C=O) groups excluding carboxylic acids is 1. The van der Waals surface area contributed by atoms with Crippen LogP contribution < -0.4 is 5.32 Å². The summed E-state index contributed by atoms with van der Waals surface area (Å²) < 4.78 is 5.32. The van der Waals surface area contributed by atoms with Crippen molar-refractivity contribution in [3.05, 3.63) is 48.5 Å². The molecule has 0 aliphatic rings. The van der Waals surface area contributed by atoms with Crippen molar-refractivity contribution in [1.82, 2.24) is 9.97 Å². The molecule has 1 unspecified atom stereocenters. The molecule has 0 spiro atoms. The van der Waals surface area contributed by atoms with Gasteiger partial charge in [-0.05, 0) is 31.0 Å². The zero-order valence-electron chi connectivity index (χ0n) is 14.0. The highest BCUT2D eigenvalue weighted by Crippen LogP contribution is 2.23. The number of aromatic amines is 1. The SMILES string of the molecule is CC(C)C(C)OC(=O)Nc1ccc2[nH]c(-c3ccccc3)nc2c1. The Morgan fingerprint density at radius 1 is 1.12 bits per heavy atom. The summed E-state index contributed by atoms with van der Waals surface area (Å²) in [7, 11) is 0. The summed E-state index contributed by atoms with van der Waals surface area (Å²) in [5.41, 5.74) is 3.40.